The Kier molecular flexibility index (Phi) is 6.82. The summed E-state index contributed by atoms with van der Waals surface area (Å²) in [7, 11) is 0. The molecule has 0 spiro atoms. The average Bonchev–Trinajstić information content (AvgIpc) is 3.06. The van der Waals surface area contributed by atoms with Crippen LogP contribution >= 0.6 is 0 Å². The maximum Gasteiger partial charge on any atom is 0.226 e. The Labute approximate surface area is 160 Å². The van der Waals surface area contributed by atoms with Crippen molar-refractivity contribution in [3.05, 3.63) is 70.4 Å². The van der Waals surface area contributed by atoms with E-state index >= 15 is 0 Å². The molecule has 0 aliphatic heterocycles. The molecule has 0 saturated heterocycles. The molecular formula is C21H27N5O. The van der Waals surface area contributed by atoms with Crippen LogP contribution in [0.4, 0.5) is 5.95 Å². The van der Waals surface area contributed by atoms with Gasteiger partial charge in [0.1, 0.15) is 6.04 Å². The summed E-state index contributed by atoms with van der Waals surface area (Å²) in [6, 6.07) is 7.67. The number of allylic oxidation sites excluding steroid dienone is 4. The molecule has 1 atom stereocenters. The number of benzene rings is 1. The molecule has 1 aromatic heterocycles. The highest BCUT2D eigenvalue weighted by atomic mass is 16.3. The third-order valence-electron chi connectivity index (χ3n) is 4.39. The Hall–Kier alpha value is -3.02. The molecule has 1 heterocycles. The van der Waals surface area contributed by atoms with Gasteiger partial charge in [-0.05, 0) is 56.0 Å². The van der Waals surface area contributed by atoms with Gasteiger partial charge in [-0.2, -0.15) is 4.91 Å². The Morgan fingerprint density at radius 2 is 2.11 bits per heavy atom. The molecule has 2 rings (SSSR count). The second-order valence-electron chi connectivity index (χ2n) is 6.51. The van der Waals surface area contributed by atoms with Crippen molar-refractivity contribution in [2.24, 2.45) is 5.18 Å². The highest BCUT2D eigenvalue weighted by molar-refractivity contribution is 5.78. The Morgan fingerprint density at radius 3 is 2.74 bits per heavy atom. The lowest BCUT2D eigenvalue weighted by molar-refractivity contribution is 0.907. The average molecular weight is 365 g/mol. The number of aryl methyl sites for hydroxylation is 1. The minimum absolute atomic E-state index is 0.306. The lowest BCUT2D eigenvalue weighted by atomic mass is 10.0. The molecule has 2 N–H and O–H groups in total. The molecule has 1 unspecified atom stereocenters. The summed E-state index contributed by atoms with van der Waals surface area (Å²) in [6.45, 7) is 11.9. The largest absolute Gasteiger partial charge is 0.368 e. The van der Waals surface area contributed by atoms with Crippen molar-refractivity contribution in [2.45, 2.75) is 46.6 Å². The number of nitrogens with zero attached hydrogens (tertiary/aromatic N) is 4. The lowest BCUT2D eigenvalue weighted by Gasteiger charge is -2.14. The smallest absolute Gasteiger partial charge is 0.226 e. The topological polar surface area (TPSA) is 86.2 Å². The van der Waals surface area contributed by atoms with Gasteiger partial charge in [0.2, 0.25) is 5.95 Å². The number of nitrogen functional groups attached to an aromatic ring is 1. The summed E-state index contributed by atoms with van der Waals surface area (Å²) in [5.41, 5.74) is 10.9. The van der Waals surface area contributed by atoms with Crippen molar-refractivity contribution >= 4 is 11.5 Å². The zero-order valence-electron chi connectivity index (χ0n) is 16.4. The zero-order valence-corrected chi connectivity index (χ0v) is 16.4. The number of rotatable bonds is 8. The second-order valence-corrected chi connectivity index (χ2v) is 6.51. The van der Waals surface area contributed by atoms with Gasteiger partial charge in [-0.1, -0.05) is 49.4 Å². The van der Waals surface area contributed by atoms with Gasteiger partial charge in [-0.15, -0.1) is 10.2 Å². The number of hydrogen-bond acceptors (Lipinski definition) is 5. The summed E-state index contributed by atoms with van der Waals surface area (Å²) >= 11 is 0. The third-order valence-corrected chi connectivity index (χ3v) is 4.39. The maximum absolute atomic E-state index is 10.9. The predicted octanol–water partition coefficient (Wildman–Crippen LogP) is 4.86. The van der Waals surface area contributed by atoms with E-state index in [9.17, 15) is 4.91 Å². The molecule has 6 nitrogen and oxygen atoms in total. The number of nitroso groups, excluding NO2 is 1. The van der Waals surface area contributed by atoms with Crippen molar-refractivity contribution in [1.82, 2.24) is 14.8 Å². The molecule has 0 bridgehead atoms. The summed E-state index contributed by atoms with van der Waals surface area (Å²) in [5.74, 6) is 0.919. The molecule has 6 heteroatoms. The van der Waals surface area contributed by atoms with Gasteiger partial charge >= 0.3 is 0 Å². The first-order valence-electron chi connectivity index (χ1n) is 9.12. The Morgan fingerprint density at radius 1 is 1.37 bits per heavy atom. The van der Waals surface area contributed by atoms with E-state index in [4.69, 9.17) is 5.73 Å². The van der Waals surface area contributed by atoms with Crippen LogP contribution < -0.4 is 5.73 Å². The number of nitrogens with two attached hydrogens (primary N) is 1. The van der Waals surface area contributed by atoms with Crippen LogP contribution in [0, 0.1) is 4.91 Å². The molecule has 27 heavy (non-hydrogen) atoms. The summed E-state index contributed by atoms with van der Waals surface area (Å²) in [5, 5.41) is 11.5. The Balaban J connectivity index is 2.67. The fraction of sp³-hybridized carbons (Fsp3) is 0.333. The number of hydrogen-bond donors (Lipinski definition) is 1. The fourth-order valence-corrected chi connectivity index (χ4v) is 2.78. The van der Waals surface area contributed by atoms with E-state index in [1.807, 2.05) is 36.6 Å². The monoisotopic (exact) mass is 365 g/mol. The first-order chi connectivity index (χ1) is 12.9. The summed E-state index contributed by atoms with van der Waals surface area (Å²) in [6.07, 6.45) is 5.49. The molecule has 2 aromatic rings. The van der Waals surface area contributed by atoms with Crippen molar-refractivity contribution < 1.29 is 0 Å². The van der Waals surface area contributed by atoms with Gasteiger partial charge in [0.15, 0.2) is 5.82 Å². The minimum Gasteiger partial charge on any atom is -0.368 e. The number of anilines is 1. The van der Waals surface area contributed by atoms with Gasteiger partial charge < -0.3 is 5.73 Å². The molecule has 142 valence electrons. The highest BCUT2D eigenvalue weighted by Crippen LogP contribution is 2.28. The second kappa shape index (κ2) is 9.07. The van der Waals surface area contributed by atoms with Gasteiger partial charge in [-0.3, -0.25) is 4.57 Å². The molecule has 1 aromatic carbocycles. The van der Waals surface area contributed by atoms with E-state index in [0.717, 1.165) is 35.2 Å². The van der Waals surface area contributed by atoms with Crippen molar-refractivity contribution in [1.29, 1.82) is 0 Å². The first-order valence-corrected chi connectivity index (χ1v) is 9.12. The first kappa shape index (κ1) is 20.3. The molecular weight excluding hydrogens is 338 g/mol. The molecule has 0 aliphatic carbocycles. The molecule has 0 radical (unpaired) electrons. The highest BCUT2D eigenvalue weighted by Gasteiger charge is 2.18. The SMILES string of the molecule is C=C(/C=C(\C(C)=C/C(C)N=O)c1nnc(N)n1-c1cccc(CC)c1)CC. The molecule has 0 aliphatic rings. The number of aromatic nitrogens is 3. The standard InChI is InChI=1S/C21H27N5O/c1-6-14(3)11-19(15(4)12-16(5)25-27)20-23-24-21(22)26(20)18-10-8-9-17(7-2)13-18/h8-13,16H,3,6-7H2,1-2,4-5H3,(H2,22,24)/b15-12-,19-11+. The van der Waals surface area contributed by atoms with Crippen LogP contribution in [0.2, 0.25) is 0 Å². The van der Waals surface area contributed by atoms with E-state index < -0.39 is 6.04 Å². The molecule has 0 fully saturated rings. The van der Waals surface area contributed by atoms with Crippen LogP contribution in [0.5, 0.6) is 0 Å². The third kappa shape index (κ3) is 4.78. The summed E-state index contributed by atoms with van der Waals surface area (Å²) in [4.78, 5) is 10.9. The van der Waals surface area contributed by atoms with Crippen LogP contribution in [0.1, 0.15) is 45.5 Å². The predicted molar refractivity (Wildman–Crippen MR) is 112 cm³/mol. The van der Waals surface area contributed by atoms with Gasteiger partial charge in [-0.25, -0.2) is 0 Å². The quantitative estimate of drug-likeness (QED) is 0.534. The van der Waals surface area contributed by atoms with Crippen molar-refractivity contribution in [3.8, 4) is 5.69 Å². The van der Waals surface area contributed by atoms with Crippen LogP contribution in [0.15, 0.2) is 59.3 Å². The van der Waals surface area contributed by atoms with Crippen molar-refractivity contribution in [3.63, 3.8) is 0 Å². The van der Waals surface area contributed by atoms with E-state index in [1.54, 1.807) is 13.0 Å². The minimum atomic E-state index is -0.444. The van der Waals surface area contributed by atoms with Crippen molar-refractivity contribution in [2.75, 3.05) is 5.73 Å². The maximum atomic E-state index is 10.9. The molecule has 0 amide bonds. The summed E-state index contributed by atoms with van der Waals surface area (Å²) < 4.78 is 1.82. The van der Waals surface area contributed by atoms with Crippen LogP contribution in [0.25, 0.3) is 11.3 Å². The van der Waals surface area contributed by atoms with Crippen LogP contribution in [0.3, 0.4) is 0 Å². The van der Waals surface area contributed by atoms with E-state index in [2.05, 4.69) is 41.0 Å². The lowest BCUT2D eigenvalue weighted by Crippen LogP contribution is -2.07. The fourth-order valence-electron chi connectivity index (χ4n) is 2.78. The van der Waals surface area contributed by atoms with Gasteiger partial charge in [0.25, 0.3) is 0 Å². The van der Waals surface area contributed by atoms with Gasteiger partial charge in [0, 0.05) is 5.57 Å². The zero-order chi connectivity index (χ0) is 20.0. The normalized spacial score (nSPS) is 13.5. The molecule has 0 saturated carbocycles. The van der Waals surface area contributed by atoms with Crippen LogP contribution in [-0.2, 0) is 6.42 Å². The van der Waals surface area contributed by atoms with E-state index in [0.29, 0.717) is 11.8 Å². The van der Waals surface area contributed by atoms with Gasteiger partial charge in [0.05, 0.1) is 5.69 Å². The Bertz CT molecular complexity index is 892. The van der Waals surface area contributed by atoms with Crippen LogP contribution in [-0.4, -0.2) is 20.8 Å². The van der Waals surface area contributed by atoms with E-state index in [-0.39, 0.29) is 0 Å². The van der Waals surface area contributed by atoms with E-state index in [1.165, 1.54) is 5.56 Å².